The first-order valence-corrected chi connectivity index (χ1v) is 10.9. The van der Waals surface area contributed by atoms with Gasteiger partial charge in [0, 0.05) is 36.3 Å². The van der Waals surface area contributed by atoms with Gasteiger partial charge in [0.25, 0.3) is 11.8 Å². The molecule has 1 N–H and O–H groups in total. The highest BCUT2D eigenvalue weighted by Crippen LogP contribution is 2.28. The molecule has 0 radical (unpaired) electrons. The van der Waals surface area contributed by atoms with Crippen LogP contribution in [0.5, 0.6) is 0 Å². The molecule has 1 saturated heterocycles. The van der Waals surface area contributed by atoms with Crippen molar-refractivity contribution in [3.63, 3.8) is 0 Å². The summed E-state index contributed by atoms with van der Waals surface area (Å²) in [5.41, 5.74) is 2.19. The van der Waals surface area contributed by atoms with E-state index in [1.54, 1.807) is 18.3 Å². The maximum Gasteiger partial charge on any atom is 0.254 e. The summed E-state index contributed by atoms with van der Waals surface area (Å²) in [5, 5.41) is 3.63. The highest BCUT2D eigenvalue weighted by Gasteiger charge is 2.19. The van der Waals surface area contributed by atoms with Gasteiger partial charge in [-0.1, -0.05) is 42.1 Å². The number of likely N-dealkylation sites (tertiary alicyclic amines) is 1. The van der Waals surface area contributed by atoms with Crippen LogP contribution < -0.4 is 5.32 Å². The normalized spacial score (nSPS) is 13.3. The fourth-order valence-electron chi connectivity index (χ4n) is 3.39. The van der Waals surface area contributed by atoms with Crippen LogP contribution >= 0.6 is 11.8 Å². The SMILES string of the molecule is O=C(NCc1ccc(C(=O)N2CCCC2)cc1)c1cccnc1Sc1ccccc1. The van der Waals surface area contributed by atoms with Gasteiger partial charge in [-0.2, -0.15) is 0 Å². The first-order chi connectivity index (χ1) is 14.7. The first kappa shape index (κ1) is 20.2. The highest BCUT2D eigenvalue weighted by molar-refractivity contribution is 7.99. The number of carbonyl (C=O) groups is 2. The lowest BCUT2D eigenvalue weighted by Gasteiger charge is -2.15. The quantitative estimate of drug-likeness (QED) is 0.646. The van der Waals surface area contributed by atoms with Crippen molar-refractivity contribution < 1.29 is 9.59 Å². The Hall–Kier alpha value is -3.12. The number of hydrogen-bond acceptors (Lipinski definition) is 4. The molecule has 0 atom stereocenters. The van der Waals surface area contributed by atoms with Crippen molar-refractivity contribution in [3.05, 3.63) is 89.6 Å². The van der Waals surface area contributed by atoms with Gasteiger partial charge >= 0.3 is 0 Å². The van der Waals surface area contributed by atoms with E-state index in [0.717, 1.165) is 36.4 Å². The van der Waals surface area contributed by atoms with Crippen LogP contribution in [-0.4, -0.2) is 34.8 Å². The molecule has 0 spiro atoms. The van der Waals surface area contributed by atoms with Gasteiger partial charge in [0.1, 0.15) is 5.03 Å². The topological polar surface area (TPSA) is 62.3 Å². The zero-order valence-electron chi connectivity index (χ0n) is 16.6. The van der Waals surface area contributed by atoms with Crippen LogP contribution in [0.1, 0.15) is 39.1 Å². The molecule has 1 aromatic heterocycles. The number of carbonyl (C=O) groups excluding carboxylic acids is 2. The number of hydrogen-bond donors (Lipinski definition) is 1. The van der Waals surface area contributed by atoms with E-state index in [0.29, 0.717) is 22.7 Å². The first-order valence-electron chi connectivity index (χ1n) is 10.0. The number of aromatic nitrogens is 1. The third-order valence-corrected chi connectivity index (χ3v) is 6.05. The van der Waals surface area contributed by atoms with E-state index >= 15 is 0 Å². The Balaban J connectivity index is 1.38. The summed E-state index contributed by atoms with van der Waals surface area (Å²) in [4.78, 5) is 32.5. The highest BCUT2D eigenvalue weighted by atomic mass is 32.2. The van der Waals surface area contributed by atoms with Crippen molar-refractivity contribution in [2.24, 2.45) is 0 Å². The second-order valence-corrected chi connectivity index (χ2v) is 8.21. The van der Waals surface area contributed by atoms with Crippen LogP contribution in [0.25, 0.3) is 0 Å². The van der Waals surface area contributed by atoms with Gasteiger partial charge < -0.3 is 10.2 Å². The summed E-state index contributed by atoms with van der Waals surface area (Å²) in [5.74, 6) is -0.0835. The molecule has 152 valence electrons. The summed E-state index contributed by atoms with van der Waals surface area (Å²) >= 11 is 1.47. The Labute approximate surface area is 180 Å². The monoisotopic (exact) mass is 417 g/mol. The largest absolute Gasteiger partial charge is 0.348 e. The predicted molar refractivity (Wildman–Crippen MR) is 118 cm³/mol. The summed E-state index contributed by atoms with van der Waals surface area (Å²) in [6.45, 7) is 2.07. The molecule has 1 fully saturated rings. The lowest BCUT2D eigenvalue weighted by atomic mass is 10.1. The minimum Gasteiger partial charge on any atom is -0.348 e. The fourth-order valence-corrected chi connectivity index (χ4v) is 4.29. The van der Waals surface area contributed by atoms with Gasteiger partial charge in [0.05, 0.1) is 5.56 Å². The number of benzene rings is 2. The maximum absolute atomic E-state index is 12.8. The standard InChI is InChI=1S/C24H23N3O2S/c28-22(21-9-6-14-25-23(21)30-20-7-2-1-3-8-20)26-17-18-10-12-19(13-11-18)24(29)27-15-4-5-16-27/h1-3,6-14H,4-5,15-17H2,(H,26,28). The van der Waals surface area contributed by atoms with E-state index in [1.807, 2.05) is 59.5 Å². The summed E-state index contributed by atoms with van der Waals surface area (Å²) in [7, 11) is 0. The third kappa shape index (κ3) is 4.89. The molecular formula is C24H23N3O2S. The number of pyridine rings is 1. The maximum atomic E-state index is 12.8. The Morgan fingerprint density at radius 2 is 1.67 bits per heavy atom. The van der Waals surface area contributed by atoms with Crippen LogP contribution in [-0.2, 0) is 6.54 Å². The molecule has 2 heterocycles. The van der Waals surface area contributed by atoms with Crippen molar-refractivity contribution in [2.75, 3.05) is 13.1 Å². The molecule has 3 aromatic rings. The second-order valence-electron chi connectivity index (χ2n) is 7.15. The van der Waals surface area contributed by atoms with Crippen LogP contribution in [0.15, 0.2) is 82.8 Å². The van der Waals surface area contributed by atoms with Gasteiger partial charge in [-0.25, -0.2) is 4.98 Å². The Bertz CT molecular complexity index is 1020. The third-order valence-electron chi connectivity index (χ3n) is 5.02. The molecule has 30 heavy (non-hydrogen) atoms. The minimum atomic E-state index is -0.168. The molecular weight excluding hydrogens is 394 g/mol. The summed E-state index contributed by atoms with van der Waals surface area (Å²) in [6, 6.07) is 20.9. The van der Waals surface area contributed by atoms with Crippen LogP contribution in [0.2, 0.25) is 0 Å². The molecule has 4 rings (SSSR count). The molecule has 0 unspecified atom stereocenters. The lowest BCUT2D eigenvalue weighted by molar-refractivity contribution is 0.0792. The van der Waals surface area contributed by atoms with Crippen LogP contribution in [0, 0.1) is 0 Å². The number of rotatable bonds is 6. The van der Waals surface area contributed by atoms with E-state index in [2.05, 4.69) is 10.3 Å². The minimum absolute atomic E-state index is 0.0843. The molecule has 2 amide bonds. The predicted octanol–water partition coefficient (Wildman–Crippen LogP) is 4.40. The van der Waals surface area contributed by atoms with Gasteiger partial charge in [0.2, 0.25) is 0 Å². The van der Waals surface area contributed by atoms with Crippen molar-refractivity contribution in [2.45, 2.75) is 29.3 Å². The van der Waals surface area contributed by atoms with Gasteiger partial charge in [-0.15, -0.1) is 0 Å². The van der Waals surface area contributed by atoms with Crippen LogP contribution in [0.4, 0.5) is 0 Å². The van der Waals surface area contributed by atoms with Crippen molar-refractivity contribution >= 4 is 23.6 Å². The molecule has 1 aliphatic rings. The summed E-state index contributed by atoms with van der Waals surface area (Å²) in [6.07, 6.45) is 3.85. The molecule has 0 bridgehead atoms. The molecule has 2 aromatic carbocycles. The van der Waals surface area contributed by atoms with Crippen molar-refractivity contribution in [1.82, 2.24) is 15.2 Å². The average Bonchev–Trinajstić information content (AvgIpc) is 3.33. The Kier molecular flexibility index (Phi) is 6.44. The van der Waals surface area contributed by atoms with Crippen LogP contribution in [0.3, 0.4) is 0 Å². The number of nitrogens with zero attached hydrogens (tertiary/aromatic N) is 2. The molecule has 0 saturated carbocycles. The van der Waals surface area contributed by atoms with Gasteiger partial charge in [-0.05, 0) is 54.8 Å². The smallest absolute Gasteiger partial charge is 0.254 e. The van der Waals surface area contributed by atoms with Gasteiger partial charge in [0.15, 0.2) is 0 Å². The molecule has 6 heteroatoms. The van der Waals surface area contributed by atoms with Gasteiger partial charge in [-0.3, -0.25) is 9.59 Å². The number of amides is 2. The number of nitrogens with one attached hydrogen (secondary N) is 1. The second kappa shape index (κ2) is 9.59. The average molecular weight is 418 g/mol. The fraction of sp³-hybridized carbons (Fsp3) is 0.208. The molecule has 0 aliphatic carbocycles. The van der Waals surface area contributed by atoms with E-state index in [9.17, 15) is 9.59 Å². The van der Waals surface area contributed by atoms with E-state index in [4.69, 9.17) is 0 Å². The Morgan fingerprint density at radius 1 is 0.933 bits per heavy atom. The zero-order valence-corrected chi connectivity index (χ0v) is 17.4. The Morgan fingerprint density at radius 3 is 2.40 bits per heavy atom. The van der Waals surface area contributed by atoms with Crippen molar-refractivity contribution in [1.29, 1.82) is 0 Å². The van der Waals surface area contributed by atoms with E-state index in [1.165, 1.54) is 11.8 Å². The lowest BCUT2D eigenvalue weighted by Crippen LogP contribution is -2.27. The van der Waals surface area contributed by atoms with E-state index < -0.39 is 0 Å². The summed E-state index contributed by atoms with van der Waals surface area (Å²) < 4.78 is 0. The zero-order chi connectivity index (χ0) is 20.8. The molecule has 5 nitrogen and oxygen atoms in total. The molecule has 1 aliphatic heterocycles. The van der Waals surface area contributed by atoms with E-state index in [-0.39, 0.29) is 11.8 Å². The van der Waals surface area contributed by atoms with Crippen molar-refractivity contribution in [3.8, 4) is 0 Å².